The molecule has 3 aromatic rings. The summed E-state index contributed by atoms with van der Waals surface area (Å²) in [6.07, 6.45) is 3.94. The van der Waals surface area contributed by atoms with Gasteiger partial charge < -0.3 is 20.9 Å². The van der Waals surface area contributed by atoms with E-state index in [1.807, 2.05) is 31.1 Å². The van der Waals surface area contributed by atoms with Crippen molar-refractivity contribution in [2.75, 3.05) is 50.5 Å². The number of hydrogen-bond donors (Lipinski definition) is 3. The summed E-state index contributed by atoms with van der Waals surface area (Å²) in [5.74, 6) is 0.236. The number of unbranched alkanes of at least 4 members (excludes halogenated alkanes) is 1. The number of amides is 3. The van der Waals surface area contributed by atoms with Crippen molar-refractivity contribution in [1.29, 1.82) is 0 Å². The van der Waals surface area contributed by atoms with Crippen molar-refractivity contribution in [1.82, 2.24) is 15.5 Å². The summed E-state index contributed by atoms with van der Waals surface area (Å²) in [7, 11) is 3.88. The van der Waals surface area contributed by atoms with Gasteiger partial charge in [-0.15, -0.1) is 0 Å². The molecule has 3 amide bonds. The van der Waals surface area contributed by atoms with Gasteiger partial charge in [-0.05, 0) is 67.6 Å². The molecule has 0 spiro atoms. The minimum Gasteiger partial charge on any atom is -0.378 e. The quantitative estimate of drug-likeness (QED) is 0.264. The molecule has 0 atom stereocenters. The molecule has 0 aromatic heterocycles. The van der Waals surface area contributed by atoms with Gasteiger partial charge in [0.25, 0.3) is 5.91 Å². The van der Waals surface area contributed by atoms with Gasteiger partial charge in [0.2, 0.25) is 0 Å². The molecule has 1 saturated heterocycles. The van der Waals surface area contributed by atoms with Crippen LogP contribution in [0.25, 0.3) is 0 Å². The van der Waals surface area contributed by atoms with Crippen LogP contribution in [0, 0.1) is 5.92 Å². The number of carbonyl (C=O) groups excluding carboxylic acids is 2. The lowest BCUT2D eigenvalue weighted by Gasteiger charge is -2.38. The highest BCUT2D eigenvalue weighted by molar-refractivity contribution is 6.04. The maximum absolute atomic E-state index is 13.4. The number of nitrogens with one attached hydrogen (secondary N) is 3. The molecule has 0 unspecified atom stereocenters. The third-order valence-corrected chi connectivity index (χ3v) is 7.62. The summed E-state index contributed by atoms with van der Waals surface area (Å²) in [5, 5.41) is 8.89. The van der Waals surface area contributed by atoms with Crippen molar-refractivity contribution in [2.24, 2.45) is 5.92 Å². The minimum atomic E-state index is -0.293. The first-order valence-corrected chi connectivity index (χ1v) is 14.4. The molecule has 4 rings (SSSR count). The van der Waals surface area contributed by atoms with E-state index in [-0.39, 0.29) is 18.0 Å². The minimum absolute atomic E-state index is 0.165. The van der Waals surface area contributed by atoms with Crippen molar-refractivity contribution in [3.05, 3.63) is 95.6 Å². The van der Waals surface area contributed by atoms with E-state index in [1.165, 1.54) is 11.1 Å². The Hall–Kier alpha value is -3.84. The van der Waals surface area contributed by atoms with Crippen LogP contribution in [0.2, 0.25) is 0 Å². The Balaban J connectivity index is 1.38. The molecular formula is C33H43N5O2. The van der Waals surface area contributed by atoms with E-state index in [0.717, 1.165) is 44.5 Å². The van der Waals surface area contributed by atoms with Crippen LogP contribution < -0.4 is 20.9 Å². The summed E-state index contributed by atoms with van der Waals surface area (Å²) in [4.78, 5) is 30.3. The van der Waals surface area contributed by atoms with Crippen molar-refractivity contribution in [2.45, 2.75) is 38.6 Å². The number of hydrogen-bond acceptors (Lipinski definition) is 4. The lowest BCUT2D eigenvalue weighted by atomic mass is 9.91. The molecule has 1 heterocycles. The molecule has 1 aliphatic rings. The molecule has 0 aliphatic carbocycles. The largest absolute Gasteiger partial charge is 0.378 e. The van der Waals surface area contributed by atoms with Gasteiger partial charge in [0, 0.05) is 32.9 Å². The fourth-order valence-corrected chi connectivity index (χ4v) is 5.28. The predicted molar refractivity (Wildman–Crippen MR) is 164 cm³/mol. The molecule has 0 radical (unpaired) electrons. The van der Waals surface area contributed by atoms with Gasteiger partial charge >= 0.3 is 6.03 Å². The molecule has 40 heavy (non-hydrogen) atoms. The number of urea groups is 1. The maximum atomic E-state index is 13.4. The predicted octanol–water partition coefficient (Wildman–Crippen LogP) is 5.91. The van der Waals surface area contributed by atoms with Crippen LogP contribution in [0.4, 0.5) is 16.2 Å². The SMILES string of the molecule is CCCCNC(=O)Nc1ccc(N(C)C)cc1C(=O)NCC1CCN(C(c2ccccc2)c2ccccc2)CC1. The number of piperidine rings is 1. The Bertz CT molecular complexity index is 1180. The van der Waals surface area contributed by atoms with Crippen LogP contribution in [0.3, 0.4) is 0 Å². The molecular weight excluding hydrogens is 498 g/mol. The van der Waals surface area contributed by atoms with Gasteiger partial charge in [-0.1, -0.05) is 74.0 Å². The van der Waals surface area contributed by atoms with E-state index < -0.39 is 0 Å². The second kappa shape index (κ2) is 14.5. The fourth-order valence-electron chi connectivity index (χ4n) is 5.28. The van der Waals surface area contributed by atoms with Crippen molar-refractivity contribution in [3.8, 4) is 0 Å². The lowest BCUT2D eigenvalue weighted by molar-refractivity contribution is 0.0931. The fraction of sp³-hybridized carbons (Fsp3) is 0.394. The van der Waals surface area contributed by atoms with E-state index in [9.17, 15) is 9.59 Å². The Labute approximate surface area is 239 Å². The molecule has 0 bridgehead atoms. The van der Waals surface area contributed by atoms with Gasteiger partial charge in [-0.3, -0.25) is 9.69 Å². The summed E-state index contributed by atoms with van der Waals surface area (Å²) in [5.41, 5.74) is 4.51. The van der Waals surface area contributed by atoms with E-state index in [0.29, 0.717) is 30.3 Å². The first kappa shape index (κ1) is 29.2. The molecule has 3 aromatic carbocycles. The van der Waals surface area contributed by atoms with Crippen molar-refractivity contribution in [3.63, 3.8) is 0 Å². The summed E-state index contributed by atoms with van der Waals surface area (Å²) in [6.45, 7) is 5.23. The van der Waals surface area contributed by atoms with Crippen LogP contribution in [-0.2, 0) is 0 Å². The zero-order valence-electron chi connectivity index (χ0n) is 24.0. The van der Waals surface area contributed by atoms with E-state index in [4.69, 9.17) is 0 Å². The lowest BCUT2D eigenvalue weighted by Crippen LogP contribution is -2.40. The third kappa shape index (κ3) is 7.85. The Morgan fingerprint density at radius 1 is 0.900 bits per heavy atom. The van der Waals surface area contributed by atoms with Crippen LogP contribution in [0.1, 0.15) is 60.1 Å². The van der Waals surface area contributed by atoms with Crippen LogP contribution in [-0.4, -0.2) is 57.1 Å². The van der Waals surface area contributed by atoms with E-state index in [1.54, 1.807) is 6.07 Å². The zero-order valence-corrected chi connectivity index (χ0v) is 24.0. The number of rotatable bonds is 11. The molecule has 212 valence electrons. The zero-order chi connectivity index (χ0) is 28.3. The molecule has 7 nitrogen and oxygen atoms in total. The van der Waals surface area contributed by atoms with E-state index >= 15 is 0 Å². The number of benzene rings is 3. The summed E-state index contributed by atoms with van der Waals surface area (Å²) < 4.78 is 0. The Kier molecular flexibility index (Phi) is 10.6. The standard InChI is InChI=1S/C33H43N5O2/c1-4-5-20-34-33(40)36-30-17-16-28(37(2)3)23-29(30)32(39)35-24-25-18-21-38(22-19-25)31(26-12-8-6-9-13-26)27-14-10-7-11-15-27/h6-17,23,25,31H,4-5,18-22,24H2,1-3H3,(H,35,39)(H2,34,36,40). The third-order valence-electron chi connectivity index (χ3n) is 7.62. The first-order valence-electron chi connectivity index (χ1n) is 14.4. The van der Waals surface area contributed by atoms with Gasteiger partial charge in [0.1, 0.15) is 0 Å². The van der Waals surface area contributed by atoms with Gasteiger partial charge in [0.05, 0.1) is 17.3 Å². The molecule has 0 saturated carbocycles. The number of nitrogens with zero attached hydrogens (tertiary/aromatic N) is 2. The topological polar surface area (TPSA) is 76.7 Å². The average Bonchev–Trinajstić information content (AvgIpc) is 2.98. The molecule has 1 aliphatic heterocycles. The van der Waals surface area contributed by atoms with Gasteiger partial charge in [-0.25, -0.2) is 4.79 Å². The normalized spacial score (nSPS) is 14.1. The number of likely N-dealkylation sites (tertiary alicyclic amines) is 1. The molecule has 3 N–H and O–H groups in total. The van der Waals surface area contributed by atoms with Crippen molar-refractivity contribution >= 4 is 23.3 Å². The van der Waals surface area contributed by atoms with Crippen LogP contribution in [0.15, 0.2) is 78.9 Å². The highest BCUT2D eigenvalue weighted by Gasteiger charge is 2.27. The van der Waals surface area contributed by atoms with Gasteiger partial charge in [0.15, 0.2) is 0 Å². The summed E-state index contributed by atoms with van der Waals surface area (Å²) in [6, 6.07) is 26.9. The van der Waals surface area contributed by atoms with Crippen LogP contribution in [0.5, 0.6) is 0 Å². The average molecular weight is 542 g/mol. The van der Waals surface area contributed by atoms with Crippen LogP contribution >= 0.6 is 0 Å². The second-order valence-electron chi connectivity index (χ2n) is 10.8. The Morgan fingerprint density at radius 2 is 1.52 bits per heavy atom. The number of anilines is 2. The van der Waals surface area contributed by atoms with Crippen molar-refractivity contribution < 1.29 is 9.59 Å². The molecule has 7 heteroatoms. The summed E-state index contributed by atoms with van der Waals surface area (Å²) >= 11 is 0. The highest BCUT2D eigenvalue weighted by atomic mass is 16.2. The maximum Gasteiger partial charge on any atom is 0.319 e. The number of carbonyl (C=O) groups is 2. The van der Waals surface area contributed by atoms with Gasteiger partial charge in [-0.2, -0.15) is 0 Å². The molecule has 1 fully saturated rings. The smallest absolute Gasteiger partial charge is 0.319 e. The Morgan fingerprint density at radius 3 is 2.10 bits per heavy atom. The monoisotopic (exact) mass is 541 g/mol. The van der Waals surface area contributed by atoms with E-state index in [2.05, 4.69) is 88.4 Å². The highest BCUT2D eigenvalue weighted by Crippen LogP contribution is 2.32. The first-order chi connectivity index (χ1) is 19.5. The second-order valence-corrected chi connectivity index (χ2v) is 10.8.